The second-order valence-electron chi connectivity index (χ2n) is 6.03. The van der Waals surface area contributed by atoms with Gasteiger partial charge in [0, 0.05) is 37.9 Å². The number of amides is 1. The first-order valence-electron chi connectivity index (χ1n) is 8.07. The largest absolute Gasteiger partial charge is 0.367 e. The van der Waals surface area contributed by atoms with Crippen LogP contribution in [0.25, 0.3) is 0 Å². The van der Waals surface area contributed by atoms with Crippen LogP contribution in [0, 0.1) is 35.3 Å². The first-order chi connectivity index (χ1) is 12.4. The summed E-state index contributed by atoms with van der Waals surface area (Å²) in [5, 5.41) is 20.2. The number of nitro groups is 1. The Labute approximate surface area is 154 Å². The van der Waals surface area contributed by atoms with Gasteiger partial charge in [0.1, 0.15) is 6.07 Å². The highest BCUT2D eigenvalue weighted by molar-refractivity contribution is 7.17. The maximum absolute atomic E-state index is 12.5. The lowest BCUT2D eigenvalue weighted by Gasteiger charge is -2.36. The van der Waals surface area contributed by atoms with Gasteiger partial charge in [-0.1, -0.05) is 11.3 Å². The van der Waals surface area contributed by atoms with Crippen LogP contribution >= 0.6 is 11.3 Å². The van der Waals surface area contributed by atoms with E-state index in [0.717, 1.165) is 22.7 Å². The maximum Gasteiger partial charge on any atom is 0.324 e. The lowest BCUT2D eigenvalue weighted by Crippen LogP contribution is -2.49. The van der Waals surface area contributed by atoms with Crippen LogP contribution in [-0.2, 0) is 0 Å². The zero-order valence-electron chi connectivity index (χ0n) is 14.4. The Morgan fingerprint density at radius 1 is 1.31 bits per heavy atom. The fourth-order valence-corrected chi connectivity index (χ4v) is 3.83. The van der Waals surface area contributed by atoms with E-state index in [9.17, 15) is 20.2 Å². The monoisotopic (exact) mass is 371 g/mol. The molecule has 3 heterocycles. The number of aromatic nitrogens is 1. The van der Waals surface area contributed by atoms with Crippen molar-refractivity contribution >= 4 is 27.9 Å². The molecule has 134 valence electrons. The molecule has 1 fully saturated rings. The van der Waals surface area contributed by atoms with Crippen LogP contribution in [0.5, 0.6) is 0 Å². The van der Waals surface area contributed by atoms with Crippen molar-refractivity contribution in [3.05, 3.63) is 50.1 Å². The van der Waals surface area contributed by atoms with Crippen LogP contribution in [-0.4, -0.2) is 46.9 Å². The molecule has 2 aromatic rings. The predicted molar refractivity (Wildman–Crippen MR) is 97.5 cm³/mol. The predicted octanol–water partition coefficient (Wildman–Crippen LogP) is 2.50. The quantitative estimate of drug-likeness (QED) is 0.606. The van der Waals surface area contributed by atoms with Crippen molar-refractivity contribution in [2.75, 3.05) is 31.1 Å². The Hall–Kier alpha value is -2.99. The molecule has 1 amide bonds. The summed E-state index contributed by atoms with van der Waals surface area (Å²) in [7, 11) is 0. The van der Waals surface area contributed by atoms with E-state index in [1.807, 2.05) is 19.9 Å². The number of thiophene rings is 1. The summed E-state index contributed by atoms with van der Waals surface area (Å²) >= 11 is 0.895. The first-order valence-corrected chi connectivity index (χ1v) is 8.89. The van der Waals surface area contributed by atoms with Crippen LogP contribution in [0.15, 0.2) is 18.2 Å². The topological polar surface area (TPSA) is 103 Å². The van der Waals surface area contributed by atoms with Crippen LogP contribution in [0.4, 0.5) is 10.7 Å². The number of piperazine rings is 1. The zero-order chi connectivity index (χ0) is 18.8. The van der Waals surface area contributed by atoms with E-state index in [0.29, 0.717) is 42.3 Å². The van der Waals surface area contributed by atoms with E-state index >= 15 is 0 Å². The Kier molecular flexibility index (Phi) is 4.86. The van der Waals surface area contributed by atoms with Crippen molar-refractivity contribution in [1.29, 1.82) is 5.26 Å². The third-order valence-corrected chi connectivity index (χ3v) is 5.33. The summed E-state index contributed by atoms with van der Waals surface area (Å²) in [5.74, 6) is -0.189. The molecule has 2 aromatic heterocycles. The number of nitriles is 1. The molecule has 1 aliphatic rings. The number of anilines is 1. The van der Waals surface area contributed by atoms with Crippen molar-refractivity contribution in [3.63, 3.8) is 0 Å². The summed E-state index contributed by atoms with van der Waals surface area (Å²) in [5.41, 5.74) is 2.95. The highest BCUT2D eigenvalue weighted by Crippen LogP contribution is 2.27. The van der Waals surface area contributed by atoms with Gasteiger partial charge in [-0.2, -0.15) is 5.26 Å². The molecule has 0 aliphatic carbocycles. The second kappa shape index (κ2) is 7.09. The molecule has 26 heavy (non-hydrogen) atoms. The van der Waals surface area contributed by atoms with Gasteiger partial charge in [-0.15, -0.1) is 0 Å². The molecule has 3 rings (SSSR count). The molecule has 1 aliphatic heterocycles. The fourth-order valence-electron chi connectivity index (χ4n) is 3.04. The molecule has 0 saturated carbocycles. The van der Waals surface area contributed by atoms with Crippen molar-refractivity contribution in [2.24, 2.45) is 0 Å². The third kappa shape index (κ3) is 3.36. The van der Waals surface area contributed by atoms with Crippen molar-refractivity contribution in [2.45, 2.75) is 13.8 Å². The normalized spacial score (nSPS) is 14.2. The number of aryl methyl sites for hydroxylation is 2. The molecule has 0 aromatic carbocycles. The molecule has 8 nitrogen and oxygen atoms in total. The molecule has 1 saturated heterocycles. The minimum absolute atomic E-state index is 0.0339. The molecule has 0 N–H and O–H groups in total. The van der Waals surface area contributed by atoms with E-state index < -0.39 is 4.92 Å². The van der Waals surface area contributed by atoms with Crippen LogP contribution in [0.2, 0.25) is 0 Å². The molecular formula is C17H17N5O3S. The van der Waals surface area contributed by atoms with Crippen molar-refractivity contribution in [1.82, 2.24) is 9.88 Å². The Morgan fingerprint density at radius 3 is 2.58 bits per heavy atom. The van der Waals surface area contributed by atoms with Crippen molar-refractivity contribution in [3.8, 4) is 6.07 Å². The van der Waals surface area contributed by atoms with Gasteiger partial charge in [0.05, 0.1) is 26.7 Å². The number of rotatable bonds is 3. The summed E-state index contributed by atoms with van der Waals surface area (Å²) in [6.45, 7) is 5.89. The average Bonchev–Trinajstić information content (AvgIpc) is 3.11. The van der Waals surface area contributed by atoms with Crippen LogP contribution < -0.4 is 4.90 Å². The highest BCUT2D eigenvalue weighted by atomic mass is 32.1. The average molecular weight is 371 g/mol. The number of carbonyl (C=O) groups excluding carboxylic acids is 1. The fraction of sp³-hybridized carbons (Fsp3) is 0.353. The van der Waals surface area contributed by atoms with Gasteiger partial charge in [-0.05, 0) is 26.0 Å². The maximum atomic E-state index is 12.5. The summed E-state index contributed by atoms with van der Waals surface area (Å²) in [6.07, 6.45) is 0. The number of pyridine rings is 1. The standard InChI is InChI=1S/C17H17N5O3S/c1-11-9-14(13(10-18)12(2)19-11)20-5-7-21(8-6-20)17(23)15-3-4-16(26-15)22(24)25/h3-4,9H,5-8H2,1-2H3. The molecule has 0 radical (unpaired) electrons. The SMILES string of the molecule is Cc1cc(N2CCN(C(=O)c3ccc([N+](=O)[O-])s3)CC2)c(C#N)c(C)n1. The van der Waals surface area contributed by atoms with Crippen LogP contribution in [0.3, 0.4) is 0 Å². The Morgan fingerprint density at radius 2 is 2.00 bits per heavy atom. The number of carbonyl (C=O) groups is 1. The highest BCUT2D eigenvalue weighted by Gasteiger charge is 2.26. The molecule has 0 spiro atoms. The summed E-state index contributed by atoms with van der Waals surface area (Å²) < 4.78 is 0. The van der Waals surface area contributed by atoms with E-state index in [-0.39, 0.29) is 10.9 Å². The molecular weight excluding hydrogens is 354 g/mol. The summed E-state index contributed by atoms with van der Waals surface area (Å²) in [6, 6.07) is 6.97. The van der Waals surface area contributed by atoms with E-state index in [2.05, 4.69) is 16.0 Å². The lowest BCUT2D eigenvalue weighted by molar-refractivity contribution is -0.380. The number of hydrogen-bond donors (Lipinski definition) is 0. The van der Waals surface area contributed by atoms with E-state index in [1.165, 1.54) is 12.1 Å². The van der Waals surface area contributed by atoms with E-state index in [1.54, 1.807) is 4.90 Å². The van der Waals surface area contributed by atoms with Gasteiger partial charge in [0.2, 0.25) is 0 Å². The first kappa shape index (κ1) is 17.8. The minimum atomic E-state index is -0.489. The minimum Gasteiger partial charge on any atom is -0.367 e. The molecule has 9 heteroatoms. The summed E-state index contributed by atoms with van der Waals surface area (Å²) in [4.78, 5) is 31.3. The van der Waals surface area contributed by atoms with Gasteiger partial charge in [0.25, 0.3) is 5.91 Å². The molecule has 0 bridgehead atoms. The lowest BCUT2D eigenvalue weighted by atomic mass is 10.1. The third-order valence-electron chi connectivity index (χ3n) is 4.31. The van der Waals surface area contributed by atoms with Crippen LogP contribution in [0.1, 0.15) is 26.6 Å². The number of nitrogens with zero attached hydrogens (tertiary/aromatic N) is 5. The van der Waals surface area contributed by atoms with Gasteiger partial charge >= 0.3 is 5.00 Å². The van der Waals surface area contributed by atoms with Gasteiger partial charge in [0.15, 0.2) is 0 Å². The second-order valence-corrected chi connectivity index (χ2v) is 7.09. The van der Waals surface area contributed by atoms with Crippen molar-refractivity contribution < 1.29 is 9.72 Å². The Bertz CT molecular complexity index is 910. The smallest absolute Gasteiger partial charge is 0.324 e. The number of hydrogen-bond acceptors (Lipinski definition) is 7. The molecule has 0 atom stereocenters. The Balaban J connectivity index is 1.72. The van der Waals surface area contributed by atoms with Gasteiger partial charge < -0.3 is 9.80 Å². The van der Waals surface area contributed by atoms with Gasteiger partial charge in [-0.25, -0.2) is 0 Å². The zero-order valence-corrected chi connectivity index (χ0v) is 15.2. The van der Waals surface area contributed by atoms with Gasteiger partial charge in [-0.3, -0.25) is 19.9 Å². The molecule has 0 unspecified atom stereocenters. The van der Waals surface area contributed by atoms with E-state index in [4.69, 9.17) is 0 Å².